The van der Waals surface area contributed by atoms with Crippen LogP contribution < -0.4 is 0 Å². The lowest BCUT2D eigenvalue weighted by molar-refractivity contribution is -0.141. The Bertz CT molecular complexity index is 364. The summed E-state index contributed by atoms with van der Waals surface area (Å²) < 4.78 is 0. The molecule has 1 aromatic rings. The van der Waals surface area contributed by atoms with Crippen LogP contribution in [-0.2, 0) is 4.79 Å². The molecule has 0 heterocycles. The quantitative estimate of drug-likeness (QED) is 0.807. The highest BCUT2D eigenvalue weighted by Gasteiger charge is 2.17. The maximum absolute atomic E-state index is 10.9. The summed E-state index contributed by atoms with van der Waals surface area (Å²) >= 11 is 0. The first-order chi connectivity index (χ1) is 8.54. The molecule has 0 saturated carbocycles. The van der Waals surface area contributed by atoms with Gasteiger partial charge in [-0.3, -0.25) is 4.79 Å². The predicted octanol–water partition coefficient (Wildman–Crippen LogP) is 2.83. The van der Waals surface area contributed by atoms with E-state index in [0.717, 1.165) is 13.1 Å². The van der Waals surface area contributed by atoms with Crippen LogP contribution in [0.5, 0.6) is 0 Å². The molecule has 3 nitrogen and oxygen atoms in total. The number of carboxylic acid groups (broad SMARTS) is 1. The zero-order chi connectivity index (χ0) is 13.5. The first kappa shape index (κ1) is 14.7. The number of carbonyl (C=O) groups is 1. The molecule has 1 rings (SSSR count). The molecule has 2 atom stereocenters. The van der Waals surface area contributed by atoms with Gasteiger partial charge in [0.1, 0.15) is 0 Å². The number of nitrogens with zero attached hydrogens (tertiary/aromatic N) is 1. The topological polar surface area (TPSA) is 40.5 Å². The highest BCUT2D eigenvalue weighted by molar-refractivity contribution is 5.69. The number of rotatable bonds is 7. The summed E-state index contributed by atoms with van der Waals surface area (Å²) in [6.07, 6.45) is 0. The number of hydrogen-bond acceptors (Lipinski definition) is 2. The van der Waals surface area contributed by atoms with Gasteiger partial charge in [0.15, 0.2) is 0 Å². The summed E-state index contributed by atoms with van der Waals surface area (Å²) in [6.45, 7) is 8.42. The van der Waals surface area contributed by atoms with Gasteiger partial charge in [0.25, 0.3) is 0 Å². The minimum absolute atomic E-state index is 0.312. The first-order valence-corrected chi connectivity index (χ1v) is 6.54. The highest BCUT2D eigenvalue weighted by atomic mass is 16.4. The van der Waals surface area contributed by atoms with Crippen LogP contribution >= 0.6 is 0 Å². The molecule has 0 aromatic heterocycles. The van der Waals surface area contributed by atoms with E-state index in [1.807, 2.05) is 18.2 Å². The predicted molar refractivity (Wildman–Crippen MR) is 73.8 cm³/mol. The maximum atomic E-state index is 10.9. The van der Waals surface area contributed by atoms with E-state index in [9.17, 15) is 4.79 Å². The second-order valence-corrected chi connectivity index (χ2v) is 4.90. The normalized spacial score (nSPS) is 14.4. The molecular formula is C15H23NO2. The second kappa shape index (κ2) is 7.17. The van der Waals surface area contributed by atoms with Gasteiger partial charge < -0.3 is 10.0 Å². The van der Waals surface area contributed by atoms with E-state index < -0.39 is 5.97 Å². The van der Waals surface area contributed by atoms with Crippen molar-refractivity contribution in [2.75, 3.05) is 19.6 Å². The zero-order valence-electron chi connectivity index (χ0n) is 11.5. The zero-order valence-corrected chi connectivity index (χ0v) is 11.5. The van der Waals surface area contributed by atoms with Gasteiger partial charge in [0, 0.05) is 13.1 Å². The Morgan fingerprint density at radius 2 is 1.83 bits per heavy atom. The van der Waals surface area contributed by atoms with E-state index in [4.69, 9.17) is 5.11 Å². The molecule has 0 aliphatic carbocycles. The van der Waals surface area contributed by atoms with Crippen molar-refractivity contribution < 1.29 is 9.90 Å². The molecule has 0 bridgehead atoms. The highest BCUT2D eigenvalue weighted by Crippen LogP contribution is 2.16. The standard InChI is InChI=1S/C15H23NO2/c1-4-16(11-13(3)15(17)18)10-12(2)14-8-6-5-7-9-14/h5-9,12-13H,4,10-11H2,1-3H3,(H,17,18). The molecule has 0 fully saturated rings. The molecule has 0 spiro atoms. The van der Waals surface area contributed by atoms with E-state index in [2.05, 4.69) is 30.9 Å². The molecule has 100 valence electrons. The van der Waals surface area contributed by atoms with Crippen LogP contribution in [0.1, 0.15) is 32.3 Å². The molecule has 0 saturated heterocycles. The maximum Gasteiger partial charge on any atom is 0.307 e. The molecule has 2 unspecified atom stereocenters. The third-order valence-electron chi connectivity index (χ3n) is 3.30. The van der Waals surface area contributed by atoms with Crippen LogP contribution in [0.25, 0.3) is 0 Å². The summed E-state index contributed by atoms with van der Waals surface area (Å²) in [5.74, 6) is -0.610. The van der Waals surface area contributed by atoms with Crippen molar-refractivity contribution in [1.29, 1.82) is 0 Å². The lowest BCUT2D eigenvalue weighted by Crippen LogP contribution is -2.34. The van der Waals surface area contributed by atoms with Crippen molar-refractivity contribution in [1.82, 2.24) is 4.90 Å². The average Bonchev–Trinajstić information content (AvgIpc) is 2.38. The van der Waals surface area contributed by atoms with Gasteiger partial charge in [0.2, 0.25) is 0 Å². The molecule has 1 aromatic carbocycles. The fraction of sp³-hybridized carbons (Fsp3) is 0.533. The van der Waals surface area contributed by atoms with Crippen molar-refractivity contribution in [2.45, 2.75) is 26.7 Å². The lowest BCUT2D eigenvalue weighted by Gasteiger charge is -2.26. The lowest BCUT2D eigenvalue weighted by atomic mass is 10.00. The van der Waals surface area contributed by atoms with Crippen LogP contribution in [0.4, 0.5) is 0 Å². The van der Waals surface area contributed by atoms with Crippen LogP contribution in [-0.4, -0.2) is 35.6 Å². The smallest absolute Gasteiger partial charge is 0.307 e. The van der Waals surface area contributed by atoms with E-state index in [1.54, 1.807) is 6.92 Å². The molecule has 0 amide bonds. The van der Waals surface area contributed by atoms with Crippen molar-refractivity contribution in [3.63, 3.8) is 0 Å². The molecule has 18 heavy (non-hydrogen) atoms. The van der Waals surface area contributed by atoms with E-state index >= 15 is 0 Å². The first-order valence-electron chi connectivity index (χ1n) is 6.54. The van der Waals surface area contributed by atoms with Gasteiger partial charge >= 0.3 is 5.97 Å². The number of hydrogen-bond donors (Lipinski definition) is 1. The van der Waals surface area contributed by atoms with Gasteiger partial charge in [-0.05, 0) is 18.0 Å². The van der Waals surface area contributed by atoms with Gasteiger partial charge in [-0.25, -0.2) is 0 Å². The van der Waals surface area contributed by atoms with Gasteiger partial charge in [-0.15, -0.1) is 0 Å². The Morgan fingerprint density at radius 1 is 1.22 bits per heavy atom. The number of benzene rings is 1. The summed E-state index contributed by atoms with van der Waals surface area (Å²) in [5, 5.41) is 8.95. The number of aliphatic carboxylic acids is 1. The van der Waals surface area contributed by atoms with Crippen LogP contribution in [0.2, 0.25) is 0 Å². The van der Waals surface area contributed by atoms with Crippen molar-refractivity contribution in [2.24, 2.45) is 5.92 Å². The molecule has 0 radical (unpaired) electrons. The minimum atomic E-state index is -0.721. The SMILES string of the molecule is CCN(CC(C)C(=O)O)CC(C)c1ccccc1. The number of carboxylic acids is 1. The average molecular weight is 249 g/mol. The Balaban J connectivity index is 2.55. The fourth-order valence-corrected chi connectivity index (χ4v) is 2.07. The summed E-state index contributed by atoms with van der Waals surface area (Å²) in [5.41, 5.74) is 1.30. The molecule has 0 aliphatic rings. The Labute approximate surface area is 109 Å². The Hall–Kier alpha value is -1.35. The monoisotopic (exact) mass is 249 g/mol. The van der Waals surface area contributed by atoms with Crippen LogP contribution in [0, 0.1) is 5.92 Å². The van der Waals surface area contributed by atoms with Gasteiger partial charge in [-0.2, -0.15) is 0 Å². The van der Waals surface area contributed by atoms with E-state index in [1.165, 1.54) is 5.56 Å². The Morgan fingerprint density at radius 3 is 2.33 bits per heavy atom. The Kier molecular flexibility index (Phi) is 5.86. The third-order valence-corrected chi connectivity index (χ3v) is 3.30. The second-order valence-electron chi connectivity index (χ2n) is 4.90. The molecule has 0 aliphatic heterocycles. The van der Waals surface area contributed by atoms with Crippen molar-refractivity contribution >= 4 is 5.97 Å². The van der Waals surface area contributed by atoms with E-state index in [-0.39, 0.29) is 5.92 Å². The van der Waals surface area contributed by atoms with E-state index in [0.29, 0.717) is 12.5 Å². The van der Waals surface area contributed by atoms with Crippen LogP contribution in [0.15, 0.2) is 30.3 Å². The third kappa shape index (κ3) is 4.49. The van der Waals surface area contributed by atoms with Crippen LogP contribution in [0.3, 0.4) is 0 Å². The summed E-state index contributed by atoms with van der Waals surface area (Å²) in [4.78, 5) is 13.1. The van der Waals surface area contributed by atoms with Crippen molar-refractivity contribution in [3.05, 3.63) is 35.9 Å². The molecule has 3 heteroatoms. The molecule has 1 N–H and O–H groups in total. The summed E-state index contributed by atoms with van der Waals surface area (Å²) in [6, 6.07) is 10.3. The van der Waals surface area contributed by atoms with Crippen molar-refractivity contribution in [3.8, 4) is 0 Å². The fourth-order valence-electron chi connectivity index (χ4n) is 2.07. The number of likely N-dealkylation sites (N-methyl/N-ethyl adjacent to an activating group) is 1. The molecular weight excluding hydrogens is 226 g/mol. The van der Waals surface area contributed by atoms with Gasteiger partial charge in [0.05, 0.1) is 5.92 Å². The summed E-state index contributed by atoms with van der Waals surface area (Å²) in [7, 11) is 0. The largest absolute Gasteiger partial charge is 0.481 e. The van der Waals surface area contributed by atoms with Gasteiger partial charge in [-0.1, -0.05) is 51.1 Å². The minimum Gasteiger partial charge on any atom is -0.481 e.